The predicted octanol–water partition coefficient (Wildman–Crippen LogP) is 2.08. The van der Waals surface area contributed by atoms with E-state index in [0.29, 0.717) is 43.5 Å². The fraction of sp³-hybridized carbons (Fsp3) is 0.300. The molecule has 4 aromatic rings. The maximum atomic E-state index is 12.6. The first-order valence-corrected chi connectivity index (χ1v) is 9.58. The molecule has 0 radical (unpaired) electrons. The van der Waals surface area contributed by atoms with E-state index >= 15 is 0 Å². The molecule has 5 rings (SSSR count). The molecule has 0 aliphatic carbocycles. The monoisotopic (exact) mass is 391 g/mol. The minimum atomic E-state index is -0.0483. The van der Waals surface area contributed by atoms with Crippen molar-refractivity contribution in [3.05, 3.63) is 36.3 Å². The Hall–Kier alpha value is -3.46. The molecule has 4 heterocycles. The number of nitrogens with zero attached hydrogens (tertiary/aromatic N) is 4. The molecule has 0 unspecified atom stereocenters. The van der Waals surface area contributed by atoms with E-state index in [2.05, 4.69) is 20.2 Å². The number of nitrogens with two attached hydrogens (primary N) is 1. The van der Waals surface area contributed by atoms with Crippen LogP contribution in [-0.2, 0) is 16.1 Å². The molecule has 1 fully saturated rings. The van der Waals surface area contributed by atoms with Gasteiger partial charge in [0.1, 0.15) is 22.7 Å². The van der Waals surface area contributed by atoms with Gasteiger partial charge in [-0.1, -0.05) is 6.07 Å². The van der Waals surface area contributed by atoms with Crippen molar-refractivity contribution in [3.8, 4) is 11.3 Å². The van der Waals surface area contributed by atoms with Gasteiger partial charge in [0.05, 0.1) is 36.9 Å². The molecule has 4 N–H and O–H groups in total. The standard InChI is InChI=1S/C20H21N7O2/c1-2-27(20(28)12-9-29-10-12)8-16-24-17-13-4-3-11(14-5-6-22-26-14)7-15(13)23-19(21)18(17)25-16/h3-7,12H,2,8-10H2,1H3,(H2,21,23)(H,22,26)(H,24,25). The number of benzene rings is 1. The molecule has 1 saturated heterocycles. The van der Waals surface area contributed by atoms with Crippen molar-refractivity contribution in [2.24, 2.45) is 5.92 Å². The molecule has 0 saturated carbocycles. The average molecular weight is 391 g/mol. The van der Waals surface area contributed by atoms with Crippen LogP contribution in [0.3, 0.4) is 0 Å². The summed E-state index contributed by atoms with van der Waals surface area (Å²) < 4.78 is 5.15. The minimum absolute atomic E-state index is 0.0483. The number of aromatic amines is 2. The summed E-state index contributed by atoms with van der Waals surface area (Å²) in [4.78, 5) is 26.9. The zero-order valence-corrected chi connectivity index (χ0v) is 16.0. The van der Waals surface area contributed by atoms with Gasteiger partial charge in [0, 0.05) is 23.7 Å². The SMILES string of the molecule is CCN(Cc1nc2c([nH]1)c(N)nc1cc(-c3ccn[nH]3)ccc12)C(=O)C1COC1. The van der Waals surface area contributed by atoms with Gasteiger partial charge in [-0.05, 0) is 25.1 Å². The predicted molar refractivity (Wildman–Crippen MR) is 109 cm³/mol. The topological polar surface area (TPSA) is 126 Å². The van der Waals surface area contributed by atoms with E-state index in [9.17, 15) is 4.79 Å². The van der Waals surface area contributed by atoms with Gasteiger partial charge in [-0.15, -0.1) is 0 Å². The maximum absolute atomic E-state index is 12.6. The molecular formula is C20H21N7O2. The third-order valence-corrected chi connectivity index (χ3v) is 5.34. The first kappa shape index (κ1) is 17.6. The zero-order valence-electron chi connectivity index (χ0n) is 16.0. The largest absolute Gasteiger partial charge is 0.382 e. The summed E-state index contributed by atoms with van der Waals surface area (Å²) in [5, 5.41) is 7.85. The Morgan fingerprint density at radius 2 is 2.17 bits per heavy atom. The number of pyridine rings is 1. The fourth-order valence-electron chi connectivity index (χ4n) is 3.63. The molecule has 0 spiro atoms. The summed E-state index contributed by atoms with van der Waals surface area (Å²) in [5.74, 6) is 1.12. The van der Waals surface area contributed by atoms with Crippen LogP contribution in [0.5, 0.6) is 0 Å². The lowest BCUT2D eigenvalue weighted by Gasteiger charge is -2.30. The molecule has 9 heteroatoms. The Morgan fingerprint density at radius 1 is 1.31 bits per heavy atom. The van der Waals surface area contributed by atoms with Crippen molar-refractivity contribution < 1.29 is 9.53 Å². The highest BCUT2D eigenvalue weighted by Crippen LogP contribution is 2.29. The summed E-state index contributed by atoms with van der Waals surface area (Å²) in [7, 11) is 0. The van der Waals surface area contributed by atoms with E-state index in [1.165, 1.54) is 0 Å². The third kappa shape index (κ3) is 2.99. The molecule has 1 aliphatic heterocycles. The zero-order chi connectivity index (χ0) is 20.0. The molecule has 148 valence electrons. The molecule has 0 atom stereocenters. The quantitative estimate of drug-likeness (QED) is 0.478. The first-order chi connectivity index (χ1) is 14.1. The van der Waals surface area contributed by atoms with Crippen LogP contribution >= 0.6 is 0 Å². The number of imidazole rings is 1. The normalized spacial score (nSPS) is 14.4. The van der Waals surface area contributed by atoms with E-state index < -0.39 is 0 Å². The number of H-pyrrole nitrogens is 2. The second-order valence-corrected chi connectivity index (χ2v) is 7.19. The van der Waals surface area contributed by atoms with Crippen molar-refractivity contribution >= 4 is 33.7 Å². The molecule has 9 nitrogen and oxygen atoms in total. The number of nitrogen functional groups attached to an aromatic ring is 1. The van der Waals surface area contributed by atoms with Gasteiger partial charge in [-0.3, -0.25) is 9.89 Å². The Bertz CT molecular complexity index is 1190. The summed E-state index contributed by atoms with van der Waals surface area (Å²) >= 11 is 0. The summed E-state index contributed by atoms with van der Waals surface area (Å²) in [6.45, 7) is 3.95. The molecule has 1 aliphatic rings. The van der Waals surface area contributed by atoms with Gasteiger partial charge < -0.3 is 20.4 Å². The van der Waals surface area contributed by atoms with Gasteiger partial charge >= 0.3 is 0 Å². The number of hydrogen-bond donors (Lipinski definition) is 3. The number of anilines is 1. The van der Waals surface area contributed by atoms with Crippen LogP contribution in [-0.4, -0.2) is 55.7 Å². The third-order valence-electron chi connectivity index (χ3n) is 5.34. The second-order valence-electron chi connectivity index (χ2n) is 7.19. The molecule has 29 heavy (non-hydrogen) atoms. The second kappa shape index (κ2) is 6.85. The average Bonchev–Trinajstić information content (AvgIpc) is 3.34. The van der Waals surface area contributed by atoms with Crippen molar-refractivity contribution in [2.75, 3.05) is 25.5 Å². The van der Waals surface area contributed by atoms with Gasteiger partial charge in [0.25, 0.3) is 0 Å². The van der Waals surface area contributed by atoms with Crippen LogP contribution in [0.25, 0.3) is 33.2 Å². The van der Waals surface area contributed by atoms with Crippen LogP contribution in [0.15, 0.2) is 30.5 Å². The Kier molecular flexibility index (Phi) is 4.17. The number of fused-ring (bicyclic) bond motifs is 3. The molecular weight excluding hydrogens is 370 g/mol. The molecule has 1 amide bonds. The number of amides is 1. The van der Waals surface area contributed by atoms with E-state index in [0.717, 1.165) is 27.7 Å². The number of carbonyl (C=O) groups is 1. The highest BCUT2D eigenvalue weighted by Gasteiger charge is 2.30. The molecule has 3 aromatic heterocycles. The smallest absolute Gasteiger partial charge is 0.230 e. The highest BCUT2D eigenvalue weighted by molar-refractivity contribution is 6.07. The van der Waals surface area contributed by atoms with E-state index in [4.69, 9.17) is 15.5 Å². The highest BCUT2D eigenvalue weighted by atomic mass is 16.5. The number of ether oxygens (including phenoxy) is 1. The summed E-state index contributed by atoms with van der Waals surface area (Å²) in [6.07, 6.45) is 1.71. The van der Waals surface area contributed by atoms with Crippen LogP contribution in [0.1, 0.15) is 12.7 Å². The number of carbonyl (C=O) groups excluding carboxylic acids is 1. The van der Waals surface area contributed by atoms with E-state index in [1.54, 1.807) is 11.1 Å². The lowest BCUT2D eigenvalue weighted by Crippen LogP contribution is -2.44. The van der Waals surface area contributed by atoms with Crippen LogP contribution in [0, 0.1) is 5.92 Å². The van der Waals surface area contributed by atoms with Crippen LogP contribution < -0.4 is 5.73 Å². The lowest BCUT2D eigenvalue weighted by atomic mass is 10.1. The van der Waals surface area contributed by atoms with Crippen LogP contribution in [0.4, 0.5) is 5.82 Å². The van der Waals surface area contributed by atoms with Crippen molar-refractivity contribution in [3.63, 3.8) is 0 Å². The maximum Gasteiger partial charge on any atom is 0.230 e. The van der Waals surface area contributed by atoms with Crippen LogP contribution in [0.2, 0.25) is 0 Å². The van der Waals surface area contributed by atoms with Crippen molar-refractivity contribution in [1.82, 2.24) is 30.0 Å². The van der Waals surface area contributed by atoms with Gasteiger partial charge in [0.15, 0.2) is 0 Å². The number of hydrogen-bond acceptors (Lipinski definition) is 6. The van der Waals surface area contributed by atoms with Gasteiger partial charge in [0.2, 0.25) is 5.91 Å². The van der Waals surface area contributed by atoms with Gasteiger partial charge in [-0.2, -0.15) is 5.10 Å². The molecule has 0 bridgehead atoms. The van der Waals surface area contributed by atoms with E-state index in [-0.39, 0.29) is 11.8 Å². The minimum Gasteiger partial charge on any atom is -0.382 e. The Balaban J connectivity index is 1.52. The van der Waals surface area contributed by atoms with Crippen molar-refractivity contribution in [1.29, 1.82) is 0 Å². The Labute approximate surface area is 166 Å². The lowest BCUT2D eigenvalue weighted by molar-refractivity contribution is -0.150. The van der Waals surface area contributed by atoms with E-state index in [1.807, 2.05) is 31.2 Å². The summed E-state index contributed by atoms with van der Waals surface area (Å²) in [5.41, 5.74) is 10.3. The number of aromatic nitrogens is 5. The number of nitrogens with one attached hydrogen (secondary N) is 2. The Morgan fingerprint density at radius 3 is 2.86 bits per heavy atom. The number of rotatable bonds is 5. The van der Waals surface area contributed by atoms with Gasteiger partial charge in [-0.25, -0.2) is 9.97 Å². The van der Waals surface area contributed by atoms with Crippen molar-refractivity contribution in [2.45, 2.75) is 13.5 Å². The summed E-state index contributed by atoms with van der Waals surface area (Å²) in [6, 6.07) is 7.85. The first-order valence-electron chi connectivity index (χ1n) is 9.58. The molecule has 1 aromatic carbocycles. The fourth-order valence-corrected chi connectivity index (χ4v) is 3.63.